The Bertz CT molecular complexity index is 978. The van der Waals surface area contributed by atoms with Crippen LogP contribution in [0.25, 0.3) is 11.1 Å². The lowest BCUT2D eigenvalue weighted by atomic mass is 9.73. The van der Waals surface area contributed by atoms with E-state index >= 15 is 0 Å². The highest BCUT2D eigenvalue weighted by Crippen LogP contribution is 2.51. The molecule has 0 radical (unpaired) electrons. The van der Waals surface area contributed by atoms with E-state index in [1.54, 1.807) is 7.05 Å². The largest absolute Gasteiger partial charge is 0.358 e. The third-order valence-corrected chi connectivity index (χ3v) is 6.41. The molecule has 0 aliphatic heterocycles. The molecule has 0 saturated heterocycles. The number of carbonyl (C=O) groups is 1. The Morgan fingerprint density at radius 2 is 1.39 bits per heavy atom. The van der Waals surface area contributed by atoms with Gasteiger partial charge >= 0.3 is 0 Å². The van der Waals surface area contributed by atoms with Crippen LogP contribution in [0.1, 0.15) is 48.8 Å². The number of benzene rings is 3. The first kappa shape index (κ1) is 21.3. The van der Waals surface area contributed by atoms with Gasteiger partial charge in [0, 0.05) is 13.1 Å². The summed E-state index contributed by atoms with van der Waals surface area (Å²) in [6.45, 7) is 0. The standard InChI is InChI=1S/C25H25NO.C3H7N/c1-26-24(27)25(18-10-9-13-19-11-3-2-4-12-19)22-16-7-5-14-20(22)21-15-6-8-17-23(21)25;4-3-1-2-3/h2-8,11-12,14-17H,9-10,13,18H2,1H3,(H,26,27);3H,1-2,4H2. The fraction of sp³-hybridized carbons (Fsp3) is 0.321. The van der Waals surface area contributed by atoms with Crippen LogP contribution in [0.15, 0.2) is 78.9 Å². The number of aryl methyl sites for hydroxylation is 1. The number of rotatable bonds is 6. The van der Waals surface area contributed by atoms with E-state index in [0.29, 0.717) is 6.04 Å². The maximum Gasteiger partial charge on any atom is 0.234 e. The number of fused-ring (bicyclic) bond motifs is 3. The van der Waals surface area contributed by atoms with Crippen molar-refractivity contribution >= 4 is 5.91 Å². The van der Waals surface area contributed by atoms with Gasteiger partial charge in [-0.25, -0.2) is 0 Å². The topological polar surface area (TPSA) is 55.1 Å². The lowest BCUT2D eigenvalue weighted by molar-refractivity contribution is -0.125. The van der Waals surface area contributed by atoms with Gasteiger partial charge < -0.3 is 11.1 Å². The van der Waals surface area contributed by atoms with Crippen LogP contribution in [0, 0.1) is 0 Å². The highest BCUT2D eigenvalue weighted by molar-refractivity contribution is 6.00. The van der Waals surface area contributed by atoms with Crippen molar-refractivity contribution in [2.45, 2.75) is 50.0 Å². The number of unbranched alkanes of at least 4 members (excludes halogenated alkanes) is 1. The molecule has 0 aromatic heterocycles. The Hall–Kier alpha value is -2.91. The first-order chi connectivity index (χ1) is 15.2. The molecule has 3 aromatic carbocycles. The van der Waals surface area contributed by atoms with Gasteiger partial charge in [0.05, 0.1) is 0 Å². The van der Waals surface area contributed by atoms with Crippen molar-refractivity contribution in [3.05, 3.63) is 95.6 Å². The number of nitrogens with one attached hydrogen (secondary N) is 1. The Balaban J connectivity index is 0.000000520. The molecule has 31 heavy (non-hydrogen) atoms. The summed E-state index contributed by atoms with van der Waals surface area (Å²) in [4.78, 5) is 13.2. The van der Waals surface area contributed by atoms with Crippen molar-refractivity contribution < 1.29 is 4.79 Å². The Morgan fingerprint density at radius 3 is 1.90 bits per heavy atom. The number of likely N-dealkylation sites (N-methyl/N-ethyl adjacent to an activating group) is 1. The average molecular weight is 413 g/mol. The molecule has 3 aromatic rings. The Morgan fingerprint density at radius 1 is 0.871 bits per heavy atom. The molecule has 3 N–H and O–H groups in total. The number of amides is 1. The van der Waals surface area contributed by atoms with Gasteiger partial charge in [-0.3, -0.25) is 4.79 Å². The van der Waals surface area contributed by atoms with Crippen LogP contribution in [0.3, 0.4) is 0 Å². The van der Waals surface area contributed by atoms with Gasteiger partial charge in [0.25, 0.3) is 0 Å². The molecule has 0 heterocycles. The minimum absolute atomic E-state index is 0.0969. The molecule has 0 spiro atoms. The number of carbonyl (C=O) groups excluding carboxylic acids is 1. The Labute approximate surface area is 185 Å². The smallest absolute Gasteiger partial charge is 0.234 e. The minimum Gasteiger partial charge on any atom is -0.358 e. The predicted molar refractivity (Wildman–Crippen MR) is 128 cm³/mol. The van der Waals surface area contributed by atoms with E-state index in [-0.39, 0.29) is 5.91 Å². The summed E-state index contributed by atoms with van der Waals surface area (Å²) >= 11 is 0. The van der Waals surface area contributed by atoms with Crippen LogP contribution in [-0.4, -0.2) is 19.0 Å². The second-order valence-corrected chi connectivity index (χ2v) is 8.61. The molecule has 3 heteroatoms. The molecule has 0 atom stereocenters. The fourth-order valence-corrected chi connectivity index (χ4v) is 4.63. The van der Waals surface area contributed by atoms with E-state index in [2.05, 4.69) is 72.0 Å². The second-order valence-electron chi connectivity index (χ2n) is 8.61. The van der Waals surface area contributed by atoms with Crippen molar-refractivity contribution in [1.29, 1.82) is 0 Å². The number of nitrogens with two attached hydrogens (primary N) is 1. The lowest BCUT2D eigenvalue weighted by Crippen LogP contribution is -2.42. The third-order valence-electron chi connectivity index (χ3n) is 6.41. The van der Waals surface area contributed by atoms with E-state index in [9.17, 15) is 4.79 Å². The molecular weight excluding hydrogens is 380 g/mol. The zero-order valence-corrected chi connectivity index (χ0v) is 18.3. The van der Waals surface area contributed by atoms with Crippen molar-refractivity contribution in [1.82, 2.24) is 5.32 Å². The van der Waals surface area contributed by atoms with Crippen LogP contribution in [0.2, 0.25) is 0 Å². The molecule has 2 aliphatic carbocycles. The van der Waals surface area contributed by atoms with Gasteiger partial charge in [0.1, 0.15) is 5.41 Å². The zero-order chi connectivity index (χ0) is 21.7. The van der Waals surface area contributed by atoms with E-state index in [4.69, 9.17) is 5.73 Å². The monoisotopic (exact) mass is 412 g/mol. The fourth-order valence-electron chi connectivity index (χ4n) is 4.63. The minimum atomic E-state index is -0.585. The molecule has 0 bridgehead atoms. The maximum absolute atomic E-state index is 13.2. The van der Waals surface area contributed by atoms with Crippen molar-refractivity contribution in [2.24, 2.45) is 5.73 Å². The number of hydrogen-bond acceptors (Lipinski definition) is 2. The summed E-state index contributed by atoms with van der Waals surface area (Å²) in [5.41, 5.74) is 10.7. The highest BCUT2D eigenvalue weighted by Gasteiger charge is 2.47. The normalized spacial score (nSPS) is 15.3. The van der Waals surface area contributed by atoms with Gasteiger partial charge in [-0.15, -0.1) is 0 Å². The first-order valence-corrected chi connectivity index (χ1v) is 11.4. The van der Waals surface area contributed by atoms with Crippen molar-refractivity contribution in [3.63, 3.8) is 0 Å². The second kappa shape index (κ2) is 9.49. The Kier molecular flexibility index (Phi) is 6.53. The van der Waals surface area contributed by atoms with Crippen molar-refractivity contribution in [3.8, 4) is 11.1 Å². The summed E-state index contributed by atoms with van der Waals surface area (Å²) < 4.78 is 0. The van der Waals surface area contributed by atoms with E-state index in [1.165, 1.54) is 29.5 Å². The molecule has 160 valence electrons. The summed E-state index contributed by atoms with van der Waals surface area (Å²) in [6.07, 6.45) is 6.49. The van der Waals surface area contributed by atoms with Gasteiger partial charge in [0.2, 0.25) is 5.91 Å². The van der Waals surface area contributed by atoms with Gasteiger partial charge in [-0.1, -0.05) is 85.3 Å². The molecule has 1 fully saturated rings. The van der Waals surface area contributed by atoms with Crippen LogP contribution in [0.4, 0.5) is 0 Å². The maximum atomic E-state index is 13.2. The van der Waals surface area contributed by atoms with Crippen LogP contribution < -0.4 is 11.1 Å². The molecule has 2 aliphatic rings. The van der Waals surface area contributed by atoms with Gasteiger partial charge in [0.15, 0.2) is 0 Å². The van der Waals surface area contributed by atoms with E-state index in [1.807, 2.05) is 12.1 Å². The molecule has 1 amide bonds. The molecule has 0 unspecified atom stereocenters. The van der Waals surface area contributed by atoms with Crippen molar-refractivity contribution in [2.75, 3.05) is 7.05 Å². The van der Waals surface area contributed by atoms with Crippen LogP contribution in [-0.2, 0) is 16.6 Å². The van der Waals surface area contributed by atoms with Crippen LogP contribution >= 0.6 is 0 Å². The predicted octanol–water partition coefficient (Wildman–Crippen LogP) is 5.22. The van der Waals surface area contributed by atoms with Gasteiger partial charge in [-0.05, 0) is 59.9 Å². The highest BCUT2D eigenvalue weighted by atomic mass is 16.2. The lowest BCUT2D eigenvalue weighted by Gasteiger charge is -2.30. The molecular formula is C28H32N2O. The van der Waals surface area contributed by atoms with E-state index < -0.39 is 5.41 Å². The quantitative estimate of drug-likeness (QED) is 0.546. The summed E-state index contributed by atoms with van der Waals surface area (Å²) in [5, 5.41) is 2.95. The molecule has 1 saturated carbocycles. The zero-order valence-electron chi connectivity index (χ0n) is 18.3. The average Bonchev–Trinajstić information content (AvgIpc) is 3.56. The SMILES string of the molecule is CNC(=O)C1(CCCCc2ccccc2)c2ccccc2-c2ccccc21.NC1CC1. The summed E-state index contributed by atoms with van der Waals surface area (Å²) in [6, 6.07) is 27.9. The summed E-state index contributed by atoms with van der Waals surface area (Å²) in [5.74, 6) is 0.0969. The number of hydrogen-bond donors (Lipinski definition) is 2. The first-order valence-electron chi connectivity index (χ1n) is 11.4. The third kappa shape index (κ3) is 4.42. The summed E-state index contributed by atoms with van der Waals surface area (Å²) in [7, 11) is 1.75. The molecule has 5 rings (SSSR count). The van der Waals surface area contributed by atoms with Gasteiger partial charge in [-0.2, -0.15) is 0 Å². The molecule has 3 nitrogen and oxygen atoms in total. The van der Waals surface area contributed by atoms with Crippen LogP contribution in [0.5, 0.6) is 0 Å². The van der Waals surface area contributed by atoms with E-state index in [0.717, 1.165) is 36.8 Å².